The van der Waals surface area contributed by atoms with Gasteiger partial charge in [0.15, 0.2) is 5.69 Å². The Bertz CT molecular complexity index is 414. The summed E-state index contributed by atoms with van der Waals surface area (Å²) < 4.78 is 1.43. The summed E-state index contributed by atoms with van der Waals surface area (Å²) in [6.07, 6.45) is 0.746. The van der Waals surface area contributed by atoms with E-state index >= 15 is 0 Å². The molecule has 0 saturated carbocycles. The van der Waals surface area contributed by atoms with Crippen LogP contribution in [0.2, 0.25) is 0 Å². The Balaban J connectivity index is 2.31. The number of hydrogen-bond donors (Lipinski definition) is 2. The summed E-state index contributed by atoms with van der Waals surface area (Å²) in [5.74, 6) is -0.943. The molecule has 0 aliphatic carbocycles. The number of aromatic nitrogens is 2. The number of aromatic carboxylic acids is 1. The third-order valence-electron chi connectivity index (χ3n) is 2.89. The quantitative estimate of drug-likeness (QED) is 0.723. The van der Waals surface area contributed by atoms with Crippen LogP contribution in [-0.4, -0.2) is 50.6 Å². The summed E-state index contributed by atoms with van der Waals surface area (Å²) in [7, 11) is 1.65. The molecule has 6 heteroatoms. The molecule has 0 saturated heterocycles. The van der Waals surface area contributed by atoms with Gasteiger partial charge in [-0.15, -0.1) is 0 Å². The number of β-amino-alcohol motifs (C(OH)–C–C–N with tert-alkyl or cyclic N) is 1. The Morgan fingerprint density at radius 3 is 2.94 bits per heavy atom. The third-order valence-corrected chi connectivity index (χ3v) is 2.89. The molecule has 0 atom stereocenters. The highest BCUT2D eigenvalue weighted by Crippen LogP contribution is 2.21. The number of aryl methyl sites for hydroxylation is 1. The van der Waals surface area contributed by atoms with Crippen LogP contribution in [0.1, 0.15) is 21.7 Å². The fourth-order valence-corrected chi connectivity index (χ4v) is 2.16. The second-order valence-electron chi connectivity index (χ2n) is 3.95. The zero-order valence-electron chi connectivity index (χ0n) is 9.18. The minimum absolute atomic E-state index is 0.0952. The first-order valence-corrected chi connectivity index (χ1v) is 5.24. The van der Waals surface area contributed by atoms with Crippen molar-refractivity contribution in [2.75, 3.05) is 19.7 Å². The topological polar surface area (TPSA) is 78.6 Å². The fourth-order valence-electron chi connectivity index (χ4n) is 2.16. The van der Waals surface area contributed by atoms with Gasteiger partial charge in [0, 0.05) is 38.7 Å². The van der Waals surface area contributed by atoms with E-state index < -0.39 is 5.97 Å². The van der Waals surface area contributed by atoms with Crippen molar-refractivity contribution >= 4 is 5.97 Å². The van der Waals surface area contributed by atoms with Crippen molar-refractivity contribution in [2.45, 2.75) is 13.0 Å². The van der Waals surface area contributed by atoms with E-state index in [2.05, 4.69) is 5.10 Å². The second-order valence-corrected chi connectivity index (χ2v) is 3.95. The van der Waals surface area contributed by atoms with E-state index in [1.165, 1.54) is 4.68 Å². The van der Waals surface area contributed by atoms with Crippen molar-refractivity contribution < 1.29 is 15.0 Å². The van der Waals surface area contributed by atoms with Gasteiger partial charge in [-0.3, -0.25) is 9.58 Å². The Hall–Kier alpha value is -1.40. The minimum Gasteiger partial charge on any atom is -0.477 e. The van der Waals surface area contributed by atoms with E-state index in [4.69, 9.17) is 10.2 Å². The van der Waals surface area contributed by atoms with Crippen LogP contribution in [0, 0.1) is 0 Å². The molecule has 0 bridgehead atoms. The highest BCUT2D eigenvalue weighted by Gasteiger charge is 2.26. The maximum Gasteiger partial charge on any atom is 0.354 e. The van der Waals surface area contributed by atoms with E-state index in [1.54, 1.807) is 7.05 Å². The number of hydrogen-bond acceptors (Lipinski definition) is 4. The van der Waals surface area contributed by atoms with E-state index in [9.17, 15) is 4.79 Å². The minimum atomic E-state index is -0.943. The molecule has 2 N–H and O–H groups in total. The predicted molar refractivity (Wildman–Crippen MR) is 56.2 cm³/mol. The highest BCUT2D eigenvalue weighted by molar-refractivity contribution is 5.87. The molecule has 2 heterocycles. The van der Waals surface area contributed by atoms with Gasteiger partial charge in [0.2, 0.25) is 0 Å². The first-order valence-electron chi connectivity index (χ1n) is 5.24. The van der Waals surface area contributed by atoms with Gasteiger partial charge < -0.3 is 10.2 Å². The zero-order valence-corrected chi connectivity index (χ0v) is 9.18. The summed E-state index contributed by atoms with van der Waals surface area (Å²) >= 11 is 0. The molecule has 0 aromatic carbocycles. The van der Waals surface area contributed by atoms with Crippen molar-refractivity contribution in [1.29, 1.82) is 0 Å². The molecular formula is C10H15N3O3. The lowest BCUT2D eigenvalue weighted by atomic mass is 10.1. The van der Waals surface area contributed by atoms with Crippen LogP contribution in [0.15, 0.2) is 0 Å². The fraction of sp³-hybridized carbons (Fsp3) is 0.600. The molecule has 1 aromatic rings. The molecule has 1 aliphatic heterocycles. The number of nitrogens with zero attached hydrogens (tertiary/aromatic N) is 3. The predicted octanol–water partition coefficient (Wildman–Crippen LogP) is -0.531. The van der Waals surface area contributed by atoms with Crippen LogP contribution in [0.3, 0.4) is 0 Å². The number of carboxylic acid groups (broad SMARTS) is 1. The molecular weight excluding hydrogens is 210 g/mol. The molecule has 0 spiro atoms. The molecule has 1 aliphatic rings. The van der Waals surface area contributed by atoms with E-state index in [1.807, 2.05) is 4.90 Å². The van der Waals surface area contributed by atoms with Gasteiger partial charge >= 0.3 is 5.97 Å². The molecule has 1 aromatic heterocycles. The smallest absolute Gasteiger partial charge is 0.354 e. The lowest BCUT2D eigenvalue weighted by Crippen LogP contribution is -2.33. The van der Waals surface area contributed by atoms with Gasteiger partial charge in [0.05, 0.1) is 12.3 Å². The van der Waals surface area contributed by atoms with Crippen molar-refractivity contribution in [2.24, 2.45) is 7.05 Å². The van der Waals surface area contributed by atoms with Crippen LogP contribution in [0.25, 0.3) is 0 Å². The monoisotopic (exact) mass is 225 g/mol. The molecule has 88 valence electrons. The van der Waals surface area contributed by atoms with Crippen molar-refractivity contribution in [1.82, 2.24) is 14.7 Å². The third kappa shape index (κ3) is 1.81. The largest absolute Gasteiger partial charge is 0.477 e. The number of fused-ring (bicyclic) bond motifs is 1. The van der Waals surface area contributed by atoms with Crippen LogP contribution >= 0.6 is 0 Å². The SMILES string of the molecule is Cn1nc2c(c1C(=O)O)CN(CCO)CC2. The molecule has 0 unspecified atom stereocenters. The first-order chi connectivity index (χ1) is 7.63. The van der Waals surface area contributed by atoms with E-state index in [-0.39, 0.29) is 12.3 Å². The standard InChI is InChI=1S/C10H15N3O3/c1-12-9(10(15)16)7-6-13(4-5-14)3-2-8(7)11-12/h14H,2-6H2,1H3,(H,15,16). The van der Waals surface area contributed by atoms with Crippen LogP contribution in [0.4, 0.5) is 0 Å². The Labute approximate surface area is 93.1 Å². The Morgan fingerprint density at radius 1 is 1.56 bits per heavy atom. The Kier molecular flexibility index (Phi) is 2.93. The molecule has 6 nitrogen and oxygen atoms in total. The normalized spacial score (nSPS) is 16.1. The first kappa shape index (κ1) is 11.1. The number of rotatable bonds is 3. The summed E-state index contributed by atoms with van der Waals surface area (Å²) in [4.78, 5) is 13.1. The number of aliphatic hydroxyl groups is 1. The molecule has 0 fully saturated rings. The van der Waals surface area contributed by atoms with Crippen molar-refractivity contribution in [3.63, 3.8) is 0 Å². The van der Waals surface area contributed by atoms with Gasteiger partial charge in [-0.2, -0.15) is 5.10 Å². The maximum absolute atomic E-state index is 11.1. The highest BCUT2D eigenvalue weighted by atomic mass is 16.4. The van der Waals surface area contributed by atoms with Gasteiger partial charge in [0.25, 0.3) is 0 Å². The van der Waals surface area contributed by atoms with Crippen molar-refractivity contribution in [3.8, 4) is 0 Å². The van der Waals surface area contributed by atoms with E-state index in [0.717, 1.165) is 24.2 Å². The van der Waals surface area contributed by atoms with Gasteiger partial charge in [-0.1, -0.05) is 0 Å². The summed E-state index contributed by atoms with van der Waals surface area (Å²) in [6.45, 7) is 2.06. The lowest BCUT2D eigenvalue weighted by molar-refractivity contribution is 0.0682. The summed E-state index contributed by atoms with van der Waals surface area (Å²) in [5, 5.41) is 22.2. The lowest BCUT2D eigenvalue weighted by Gasteiger charge is -2.25. The van der Waals surface area contributed by atoms with Crippen LogP contribution in [0.5, 0.6) is 0 Å². The van der Waals surface area contributed by atoms with E-state index in [0.29, 0.717) is 13.1 Å². The average molecular weight is 225 g/mol. The van der Waals surface area contributed by atoms with Crippen LogP contribution in [-0.2, 0) is 20.0 Å². The molecule has 0 amide bonds. The van der Waals surface area contributed by atoms with Crippen molar-refractivity contribution in [3.05, 3.63) is 17.0 Å². The second kappa shape index (κ2) is 4.23. The van der Waals surface area contributed by atoms with Crippen LogP contribution < -0.4 is 0 Å². The number of carboxylic acids is 1. The van der Waals surface area contributed by atoms with Gasteiger partial charge in [-0.25, -0.2) is 4.79 Å². The summed E-state index contributed by atoms with van der Waals surface area (Å²) in [5.41, 5.74) is 1.92. The number of carbonyl (C=O) groups is 1. The maximum atomic E-state index is 11.1. The molecule has 16 heavy (non-hydrogen) atoms. The average Bonchev–Trinajstić information content (AvgIpc) is 2.53. The molecule has 2 rings (SSSR count). The van der Waals surface area contributed by atoms with Gasteiger partial charge in [0.1, 0.15) is 0 Å². The Morgan fingerprint density at radius 2 is 2.31 bits per heavy atom. The van der Waals surface area contributed by atoms with Gasteiger partial charge in [-0.05, 0) is 0 Å². The molecule has 0 radical (unpaired) electrons. The number of aliphatic hydroxyl groups excluding tert-OH is 1. The summed E-state index contributed by atoms with van der Waals surface area (Å²) in [6, 6.07) is 0. The zero-order chi connectivity index (χ0) is 11.7.